The Morgan fingerprint density at radius 2 is 1.53 bits per heavy atom. The molecule has 0 bridgehead atoms. The van der Waals surface area contributed by atoms with Crippen LogP contribution in [0.2, 0.25) is 0 Å². The first-order chi connectivity index (χ1) is 14.7. The smallest absolute Gasteiger partial charge is 0.296 e. The van der Waals surface area contributed by atoms with E-state index in [0.717, 1.165) is 32.8 Å². The Morgan fingerprint density at radius 3 is 2.47 bits per heavy atom. The summed E-state index contributed by atoms with van der Waals surface area (Å²) in [7, 11) is 2.16. The van der Waals surface area contributed by atoms with E-state index in [-0.39, 0.29) is 0 Å². The Balaban J connectivity index is 1.92. The highest BCUT2D eigenvalue weighted by molar-refractivity contribution is 6.22. The highest BCUT2D eigenvalue weighted by atomic mass is 16.3. The number of hydrogen-bond donors (Lipinski definition) is 0. The lowest BCUT2D eigenvalue weighted by atomic mass is 10.0. The van der Waals surface area contributed by atoms with Crippen molar-refractivity contribution in [2.75, 3.05) is 0 Å². The molecular formula is C27H19N2O+. The van der Waals surface area contributed by atoms with Gasteiger partial charge in [-0.1, -0.05) is 60.7 Å². The number of aryl methyl sites for hydroxylation is 2. The van der Waals surface area contributed by atoms with E-state index in [1.54, 1.807) is 0 Å². The molecular weight excluding hydrogens is 368 g/mol. The number of rotatable bonds is 0. The molecule has 3 heteroatoms. The number of para-hydroxylation sites is 2. The average molecular weight is 387 g/mol. The van der Waals surface area contributed by atoms with E-state index >= 15 is 0 Å². The van der Waals surface area contributed by atoms with Gasteiger partial charge in [-0.05, 0) is 36.1 Å². The van der Waals surface area contributed by atoms with E-state index in [9.17, 15) is 0 Å². The Kier molecular flexibility index (Phi) is 2.88. The highest BCUT2D eigenvalue weighted by Gasteiger charge is 2.27. The molecule has 0 atom stereocenters. The Labute approximate surface area is 172 Å². The first-order valence-electron chi connectivity index (χ1n) is 10.3. The van der Waals surface area contributed by atoms with E-state index in [0.29, 0.717) is 0 Å². The Morgan fingerprint density at radius 1 is 0.733 bits per heavy atom. The number of imidazole rings is 1. The van der Waals surface area contributed by atoms with Gasteiger partial charge < -0.3 is 4.42 Å². The molecule has 7 rings (SSSR count). The molecule has 3 nitrogen and oxygen atoms in total. The molecule has 0 unspecified atom stereocenters. The van der Waals surface area contributed by atoms with Crippen molar-refractivity contribution in [3.63, 3.8) is 0 Å². The van der Waals surface area contributed by atoms with E-state index in [2.05, 4.69) is 102 Å². The lowest BCUT2D eigenvalue weighted by Crippen LogP contribution is -2.27. The zero-order valence-electron chi connectivity index (χ0n) is 16.8. The minimum atomic E-state index is 0.953. The number of fused-ring (bicyclic) bond motifs is 12. The van der Waals surface area contributed by atoms with Crippen LogP contribution in [0.1, 0.15) is 5.56 Å². The van der Waals surface area contributed by atoms with Gasteiger partial charge in [0, 0.05) is 10.8 Å². The fraction of sp³-hybridized carbons (Fsp3) is 0.0741. The molecule has 0 saturated carbocycles. The van der Waals surface area contributed by atoms with Gasteiger partial charge >= 0.3 is 0 Å². The van der Waals surface area contributed by atoms with Crippen LogP contribution in [0.5, 0.6) is 0 Å². The van der Waals surface area contributed by atoms with Crippen LogP contribution in [0.4, 0.5) is 0 Å². The van der Waals surface area contributed by atoms with Crippen molar-refractivity contribution in [1.29, 1.82) is 0 Å². The van der Waals surface area contributed by atoms with E-state index in [1.165, 1.54) is 33.0 Å². The van der Waals surface area contributed by atoms with Crippen LogP contribution in [0.25, 0.3) is 60.3 Å². The van der Waals surface area contributed by atoms with Crippen molar-refractivity contribution < 1.29 is 8.98 Å². The van der Waals surface area contributed by atoms with Gasteiger partial charge in [-0.15, -0.1) is 0 Å². The van der Waals surface area contributed by atoms with Crippen LogP contribution >= 0.6 is 0 Å². The minimum absolute atomic E-state index is 0.953. The maximum atomic E-state index is 6.67. The molecule has 30 heavy (non-hydrogen) atoms. The summed E-state index contributed by atoms with van der Waals surface area (Å²) in [5, 5.41) is 5.91. The third-order valence-electron chi connectivity index (χ3n) is 6.53. The molecule has 4 aromatic carbocycles. The molecule has 0 aliphatic rings. The van der Waals surface area contributed by atoms with Gasteiger partial charge in [-0.25, -0.2) is 4.57 Å². The second kappa shape index (κ2) is 5.39. The molecule has 0 N–H and O–H groups in total. The lowest BCUT2D eigenvalue weighted by Gasteiger charge is -2.03. The fourth-order valence-corrected chi connectivity index (χ4v) is 5.19. The van der Waals surface area contributed by atoms with Crippen molar-refractivity contribution >= 4 is 60.3 Å². The molecule has 0 fully saturated rings. The van der Waals surface area contributed by atoms with Crippen molar-refractivity contribution in [3.05, 3.63) is 84.4 Å². The summed E-state index contributed by atoms with van der Waals surface area (Å²) in [5.74, 6) is 0. The molecule has 0 amide bonds. The van der Waals surface area contributed by atoms with Crippen molar-refractivity contribution in [3.8, 4) is 0 Å². The zero-order chi connectivity index (χ0) is 20.0. The van der Waals surface area contributed by atoms with Crippen LogP contribution in [-0.4, -0.2) is 4.40 Å². The lowest BCUT2D eigenvalue weighted by molar-refractivity contribution is -0.617. The van der Waals surface area contributed by atoms with Gasteiger partial charge in [0.1, 0.15) is 5.58 Å². The summed E-state index contributed by atoms with van der Waals surface area (Å²) >= 11 is 0. The topological polar surface area (TPSA) is 21.4 Å². The number of hydrogen-bond acceptors (Lipinski definition) is 1. The third kappa shape index (κ3) is 1.79. The Bertz CT molecular complexity index is 1820. The van der Waals surface area contributed by atoms with Crippen molar-refractivity contribution in [2.24, 2.45) is 7.05 Å². The molecule has 142 valence electrons. The predicted molar refractivity (Wildman–Crippen MR) is 123 cm³/mol. The van der Waals surface area contributed by atoms with E-state index in [4.69, 9.17) is 4.42 Å². The minimum Gasteiger partial charge on any atom is -0.451 e. The summed E-state index contributed by atoms with van der Waals surface area (Å²) in [4.78, 5) is 0. The van der Waals surface area contributed by atoms with Gasteiger partial charge in [0.15, 0.2) is 22.1 Å². The first kappa shape index (κ1) is 16.0. The molecule has 3 heterocycles. The van der Waals surface area contributed by atoms with Crippen LogP contribution < -0.4 is 4.57 Å². The maximum Gasteiger partial charge on any atom is 0.296 e. The van der Waals surface area contributed by atoms with Crippen LogP contribution in [-0.2, 0) is 7.05 Å². The number of aromatic nitrogens is 2. The number of pyridine rings is 1. The molecule has 0 aliphatic carbocycles. The average Bonchev–Trinajstić information content (AvgIpc) is 3.31. The van der Waals surface area contributed by atoms with E-state index < -0.39 is 0 Å². The Hall–Kier alpha value is -3.85. The molecule has 0 aliphatic heterocycles. The third-order valence-corrected chi connectivity index (χ3v) is 6.53. The summed E-state index contributed by atoms with van der Waals surface area (Å²) in [6, 6.07) is 28.0. The standard InChI is InChI=1S/C27H19N2O/c1-16-8-7-11-19-23(16)27-28(2)21-12-5-6-13-22(21)29(27)24-20-15-14-17-9-3-4-10-18(17)25(20)30-26(19)24/h3-15H,1-2H3/q+1. The zero-order valence-corrected chi connectivity index (χ0v) is 16.8. The summed E-state index contributed by atoms with van der Waals surface area (Å²) in [6.07, 6.45) is 0. The number of nitrogens with zero attached hydrogens (tertiary/aromatic N) is 2. The second-order valence-corrected chi connectivity index (χ2v) is 8.15. The number of benzene rings is 4. The molecule has 0 radical (unpaired) electrons. The first-order valence-corrected chi connectivity index (χ1v) is 10.3. The van der Waals surface area contributed by atoms with Gasteiger partial charge in [0.05, 0.1) is 17.8 Å². The van der Waals surface area contributed by atoms with Gasteiger partial charge in [-0.3, -0.25) is 0 Å². The van der Waals surface area contributed by atoms with Gasteiger partial charge in [0.2, 0.25) is 0 Å². The SMILES string of the molecule is Cc1cccc2c3oc4c5ccccc5ccc4c3n3c4ccccc4[n+](C)c3c12. The van der Waals surface area contributed by atoms with E-state index in [1.807, 2.05) is 0 Å². The second-order valence-electron chi connectivity index (χ2n) is 8.15. The maximum absolute atomic E-state index is 6.67. The summed E-state index contributed by atoms with van der Waals surface area (Å²) in [6.45, 7) is 2.18. The predicted octanol–water partition coefficient (Wildman–Crippen LogP) is 6.43. The normalized spacial score (nSPS) is 12.3. The van der Waals surface area contributed by atoms with Crippen LogP contribution in [0, 0.1) is 6.92 Å². The summed E-state index contributed by atoms with van der Waals surface area (Å²) in [5.41, 5.74) is 7.91. The van der Waals surface area contributed by atoms with Crippen LogP contribution in [0.15, 0.2) is 83.3 Å². The number of furan rings is 1. The van der Waals surface area contributed by atoms with Crippen LogP contribution in [0.3, 0.4) is 0 Å². The fourth-order valence-electron chi connectivity index (χ4n) is 5.19. The van der Waals surface area contributed by atoms with Gasteiger partial charge in [-0.2, -0.15) is 4.40 Å². The monoisotopic (exact) mass is 387 g/mol. The molecule has 3 aromatic heterocycles. The van der Waals surface area contributed by atoms with Crippen molar-refractivity contribution in [1.82, 2.24) is 4.40 Å². The summed E-state index contributed by atoms with van der Waals surface area (Å²) < 4.78 is 11.4. The molecule has 0 spiro atoms. The quantitative estimate of drug-likeness (QED) is 0.275. The highest BCUT2D eigenvalue weighted by Crippen LogP contribution is 2.40. The molecule has 0 saturated heterocycles. The molecule has 7 aromatic rings. The van der Waals surface area contributed by atoms with Crippen molar-refractivity contribution in [2.45, 2.75) is 6.92 Å². The van der Waals surface area contributed by atoms with Gasteiger partial charge in [0.25, 0.3) is 5.65 Å². The largest absolute Gasteiger partial charge is 0.451 e.